The highest BCUT2D eigenvalue weighted by Crippen LogP contribution is 2.25. The SMILES string of the molecule is CC(C(=O)Nc1cccc(S(=O)(=O)N(C)C)c1)N(C)CC1CCCC1. The smallest absolute Gasteiger partial charge is 0.242 e. The van der Waals surface area contributed by atoms with Crippen LogP contribution < -0.4 is 5.32 Å². The second kappa shape index (κ2) is 8.29. The van der Waals surface area contributed by atoms with Crippen molar-refractivity contribution in [2.75, 3.05) is 33.0 Å². The summed E-state index contributed by atoms with van der Waals surface area (Å²) < 4.78 is 25.6. The lowest BCUT2D eigenvalue weighted by atomic mass is 10.1. The van der Waals surface area contributed by atoms with Crippen LogP contribution in [-0.4, -0.2) is 57.3 Å². The molecule has 2 rings (SSSR count). The molecule has 0 radical (unpaired) electrons. The van der Waals surface area contributed by atoms with Crippen molar-refractivity contribution in [3.05, 3.63) is 24.3 Å². The van der Waals surface area contributed by atoms with Crippen LogP contribution in [0.25, 0.3) is 0 Å². The number of nitrogens with zero attached hydrogens (tertiary/aromatic N) is 2. The first-order valence-electron chi connectivity index (χ1n) is 8.75. The number of hydrogen-bond acceptors (Lipinski definition) is 4. The number of hydrogen-bond donors (Lipinski definition) is 1. The van der Waals surface area contributed by atoms with Crippen molar-refractivity contribution in [1.82, 2.24) is 9.21 Å². The molecular formula is C18H29N3O3S. The van der Waals surface area contributed by atoms with E-state index in [1.807, 2.05) is 14.0 Å². The van der Waals surface area contributed by atoms with E-state index >= 15 is 0 Å². The minimum absolute atomic E-state index is 0.125. The fourth-order valence-electron chi connectivity index (χ4n) is 3.15. The van der Waals surface area contributed by atoms with Crippen molar-refractivity contribution in [2.24, 2.45) is 5.92 Å². The van der Waals surface area contributed by atoms with Gasteiger partial charge in [0.1, 0.15) is 0 Å². The van der Waals surface area contributed by atoms with E-state index in [0.717, 1.165) is 10.8 Å². The highest BCUT2D eigenvalue weighted by molar-refractivity contribution is 7.89. The van der Waals surface area contributed by atoms with E-state index in [9.17, 15) is 13.2 Å². The summed E-state index contributed by atoms with van der Waals surface area (Å²) in [6, 6.07) is 6.10. The molecule has 1 aromatic rings. The van der Waals surface area contributed by atoms with Crippen molar-refractivity contribution in [3.8, 4) is 0 Å². The Morgan fingerprint density at radius 3 is 2.48 bits per heavy atom. The van der Waals surface area contributed by atoms with Crippen LogP contribution in [0.15, 0.2) is 29.2 Å². The summed E-state index contributed by atoms with van der Waals surface area (Å²) in [5, 5.41) is 2.84. The first-order valence-corrected chi connectivity index (χ1v) is 10.2. The molecule has 25 heavy (non-hydrogen) atoms. The van der Waals surface area contributed by atoms with Gasteiger partial charge in [-0.3, -0.25) is 9.69 Å². The van der Waals surface area contributed by atoms with Crippen molar-refractivity contribution >= 4 is 21.6 Å². The molecule has 1 unspecified atom stereocenters. The minimum atomic E-state index is -3.52. The van der Waals surface area contributed by atoms with Crippen molar-refractivity contribution in [2.45, 2.75) is 43.5 Å². The van der Waals surface area contributed by atoms with Crippen LogP contribution in [0.1, 0.15) is 32.6 Å². The van der Waals surface area contributed by atoms with Gasteiger partial charge in [0.2, 0.25) is 15.9 Å². The summed E-state index contributed by atoms with van der Waals surface area (Å²) in [5.41, 5.74) is 0.494. The Hall–Kier alpha value is -1.44. The Bertz CT molecular complexity index is 697. The number of rotatable bonds is 7. The molecule has 1 saturated carbocycles. The highest BCUT2D eigenvalue weighted by atomic mass is 32.2. The Morgan fingerprint density at radius 2 is 1.88 bits per heavy atom. The third-order valence-corrected chi connectivity index (χ3v) is 6.75. The standard InChI is InChI=1S/C18H29N3O3S/c1-14(21(4)13-15-8-5-6-9-15)18(22)19-16-10-7-11-17(12-16)25(23,24)20(2)3/h7,10-12,14-15H,5-6,8-9,13H2,1-4H3,(H,19,22). The molecule has 140 valence electrons. The maximum Gasteiger partial charge on any atom is 0.242 e. The van der Waals surface area contributed by atoms with E-state index in [4.69, 9.17) is 0 Å². The van der Waals surface area contributed by atoms with Gasteiger partial charge in [-0.2, -0.15) is 0 Å². The Morgan fingerprint density at radius 1 is 1.24 bits per heavy atom. The molecular weight excluding hydrogens is 338 g/mol. The Balaban J connectivity index is 2.02. The number of nitrogens with one attached hydrogen (secondary N) is 1. The van der Waals surface area contributed by atoms with Gasteiger partial charge in [0.25, 0.3) is 0 Å². The van der Waals surface area contributed by atoms with Gasteiger partial charge >= 0.3 is 0 Å². The summed E-state index contributed by atoms with van der Waals surface area (Å²) in [5.74, 6) is 0.550. The number of anilines is 1. The van der Waals surface area contributed by atoms with Crippen molar-refractivity contribution in [3.63, 3.8) is 0 Å². The molecule has 6 nitrogen and oxygen atoms in total. The van der Waals surface area contributed by atoms with Gasteiger partial charge in [-0.05, 0) is 50.9 Å². The van der Waals surface area contributed by atoms with E-state index in [1.54, 1.807) is 12.1 Å². The summed E-state index contributed by atoms with van der Waals surface area (Å²) in [6.07, 6.45) is 5.05. The zero-order valence-corrected chi connectivity index (χ0v) is 16.3. The quantitative estimate of drug-likeness (QED) is 0.803. The molecule has 0 aliphatic heterocycles. The summed E-state index contributed by atoms with van der Waals surface area (Å²) in [7, 11) is 1.43. The van der Waals surface area contributed by atoms with Crippen LogP contribution in [-0.2, 0) is 14.8 Å². The average Bonchev–Trinajstić information content (AvgIpc) is 3.07. The first-order chi connectivity index (χ1) is 11.7. The van der Waals surface area contributed by atoms with E-state index in [-0.39, 0.29) is 16.8 Å². The van der Waals surface area contributed by atoms with Crippen LogP contribution in [0.5, 0.6) is 0 Å². The molecule has 1 fully saturated rings. The largest absolute Gasteiger partial charge is 0.325 e. The van der Waals surface area contributed by atoms with Gasteiger partial charge < -0.3 is 5.32 Å². The number of benzene rings is 1. The molecule has 0 saturated heterocycles. The Kier molecular flexibility index (Phi) is 6.59. The molecule has 1 aliphatic carbocycles. The molecule has 0 aromatic heterocycles. The molecule has 1 aliphatic rings. The summed E-state index contributed by atoms with van der Waals surface area (Å²) >= 11 is 0. The monoisotopic (exact) mass is 367 g/mol. The van der Waals surface area contributed by atoms with Gasteiger partial charge in [0.05, 0.1) is 10.9 Å². The maximum atomic E-state index is 12.5. The van der Waals surface area contributed by atoms with Gasteiger partial charge in [0, 0.05) is 26.3 Å². The van der Waals surface area contributed by atoms with Crippen molar-refractivity contribution in [1.29, 1.82) is 0 Å². The third-order valence-electron chi connectivity index (χ3n) is 4.94. The molecule has 1 aromatic carbocycles. The van der Waals surface area contributed by atoms with E-state index in [2.05, 4.69) is 10.2 Å². The predicted octanol–water partition coefficient (Wildman–Crippen LogP) is 2.39. The fraction of sp³-hybridized carbons (Fsp3) is 0.611. The molecule has 0 bridgehead atoms. The van der Waals surface area contributed by atoms with Crippen LogP contribution in [0, 0.1) is 5.92 Å². The minimum Gasteiger partial charge on any atom is -0.325 e. The molecule has 0 heterocycles. The van der Waals surface area contributed by atoms with Crippen LogP contribution in [0.4, 0.5) is 5.69 Å². The normalized spacial score (nSPS) is 17.2. The highest BCUT2D eigenvalue weighted by Gasteiger charge is 2.24. The first kappa shape index (κ1) is 19.9. The topological polar surface area (TPSA) is 69.7 Å². The summed E-state index contributed by atoms with van der Waals surface area (Å²) in [6.45, 7) is 2.80. The van der Waals surface area contributed by atoms with Crippen LogP contribution in [0.2, 0.25) is 0 Å². The van der Waals surface area contributed by atoms with E-state index in [0.29, 0.717) is 11.6 Å². The molecule has 0 spiro atoms. The fourth-order valence-corrected chi connectivity index (χ4v) is 4.10. The maximum absolute atomic E-state index is 12.5. The van der Waals surface area contributed by atoms with E-state index < -0.39 is 10.0 Å². The zero-order valence-electron chi connectivity index (χ0n) is 15.5. The lowest BCUT2D eigenvalue weighted by Gasteiger charge is -2.26. The van der Waals surface area contributed by atoms with Gasteiger partial charge in [-0.1, -0.05) is 18.9 Å². The predicted molar refractivity (Wildman–Crippen MR) is 100.0 cm³/mol. The number of sulfonamides is 1. The second-order valence-corrected chi connectivity index (χ2v) is 9.22. The molecule has 7 heteroatoms. The molecule has 1 atom stereocenters. The second-order valence-electron chi connectivity index (χ2n) is 7.07. The van der Waals surface area contributed by atoms with Gasteiger partial charge in [-0.15, -0.1) is 0 Å². The van der Waals surface area contributed by atoms with Crippen LogP contribution >= 0.6 is 0 Å². The number of amides is 1. The lowest BCUT2D eigenvalue weighted by molar-refractivity contribution is -0.120. The number of likely N-dealkylation sites (N-methyl/N-ethyl adjacent to an activating group) is 1. The number of carbonyl (C=O) groups is 1. The lowest BCUT2D eigenvalue weighted by Crippen LogP contribution is -2.41. The van der Waals surface area contributed by atoms with Crippen molar-refractivity contribution < 1.29 is 13.2 Å². The summed E-state index contributed by atoms with van der Waals surface area (Å²) in [4.78, 5) is 14.8. The van der Waals surface area contributed by atoms with Gasteiger partial charge in [-0.25, -0.2) is 12.7 Å². The average molecular weight is 368 g/mol. The molecule has 1 N–H and O–H groups in total. The van der Waals surface area contributed by atoms with E-state index in [1.165, 1.54) is 51.9 Å². The number of carbonyl (C=O) groups excluding carboxylic acids is 1. The molecule has 1 amide bonds. The zero-order chi connectivity index (χ0) is 18.6. The third kappa shape index (κ3) is 5.03. The van der Waals surface area contributed by atoms with Gasteiger partial charge in [0.15, 0.2) is 0 Å². The van der Waals surface area contributed by atoms with Crippen LogP contribution in [0.3, 0.4) is 0 Å². The Labute approximate surface area is 151 Å².